The van der Waals surface area contributed by atoms with Crippen molar-refractivity contribution < 1.29 is 4.79 Å². The number of pyridine rings is 1. The van der Waals surface area contributed by atoms with Crippen LogP contribution in [0.3, 0.4) is 0 Å². The van der Waals surface area contributed by atoms with Gasteiger partial charge in [0.25, 0.3) is 5.56 Å². The van der Waals surface area contributed by atoms with E-state index in [9.17, 15) is 9.59 Å². The van der Waals surface area contributed by atoms with Crippen LogP contribution in [0.4, 0.5) is 0 Å². The van der Waals surface area contributed by atoms with Crippen LogP contribution >= 0.6 is 11.3 Å². The minimum Gasteiger partial charge on any atom is -0.356 e. The van der Waals surface area contributed by atoms with E-state index in [2.05, 4.69) is 20.3 Å². The lowest BCUT2D eigenvalue weighted by Gasteiger charge is -2.09. The monoisotopic (exact) mass is 382 g/mol. The average molecular weight is 382 g/mol. The number of amides is 1. The molecule has 1 aliphatic carbocycles. The molecule has 0 aromatic carbocycles. The molecule has 6 nitrogen and oxygen atoms in total. The predicted octanol–water partition coefficient (Wildman–Crippen LogP) is 2.55. The van der Waals surface area contributed by atoms with Crippen molar-refractivity contribution in [2.24, 2.45) is 0 Å². The maximum absolute atomic E-state index is 12.5. The molecule has 0 bridgehead atoms. The van der Waals surface area contributed by atoms with Gasteiger partial charge in [-0.3, -0.25) is 14.6 Å². The molecule has 2 N–H and O–H groups in total. The fraction of sp³-hybridized carbons (Fsp3) is 0.400. The van der Waals surface area contributed by atoms with Crippen molar-refractivity contribution in [1.82, 2.24) is 20.3 Å². The smallest absolute Gasteiger partial charge is 0.259 e. The molecule has 0 radical (unpaired) electrons. The Morgan fingerprint density at radius 3 is 2.96 bits per heavy atom. The predicted molar refractivity (Wildman–Crippen MR) is 106 cm³/mol. The van der Waals surface area contributed by atoms with Crippen LogP contribution in [-0.2, 0) is 30.5 Å². The number of H-pyrrole nitrogens is 1. The van der Waals surface area contributed by atoms with E-state index >= 15 is 0 Å². The molecule has 0 atom stereocenters. The second kappa shape index (κ2) is 8.00. The largest absolute Gasteiger partial charge is 0.356 e. The van der Waals surface area contributed by atoms with Crippen molar-refractivity contribution in [3.63, 3.8) is 0 Å². The van der Waals surface area contributed by atoms with Gasteiger partial charge >= 0.3 is 0 Å². The van der Waals surface area contributed by atoms with Gasteiger partial charge in [-0.15, -0.1) is 11.3 Å². The Labute approximate surface area is 161 Å². The van der Waals surface area contributed by atoms with E-state index in [1.807, 2.05) is 18.2 Å². The summed E-state index contributed by atoms with van der Waals surface area (Å²) >= 11 is 1.64. The van der Waals surface area contributed by atoms with Crippen molar-refractivity contribution >= 4 is 27.5 Å². The van der Waals surface area contributed by atoms with Crippen molar-refractivity contribution in [1.29, 1.82) is 0 Å². The molecule has 0 saturated carbocycles. The number of carbonyl (C=O) groups is 1. The Kier molecular flexibility index (Phi) is 5.29. The number of carbonyl (C=O) groups excluding carboxylic acids is 1. The molecular weight excluding hydrogens is 360 g/mol. The highest BCUT2D eigenvalue weighted by atomic mass is 32.1. The van der Waals surface area contributed by atoms with Gasteiger partial charge in [0.05, 0.1) is 5.39 Å². The van der Waals surface area contributed by atoms with Crippen LogP contribution in [0.15, 0.2) is 29.2 Å². The molecule has 4 rings (SSSR count). The lowest BCUT2D eigenvalue weighted by molar-refractivity contribution is -0.121. The highest BCUT2D eigenvalue weighted by molar-refractivity contribution is 7.18. The normalized spacial score (nSPS) is 13.5. The molecule has 0 unspecified atom stereocenters. The molecule has 3 heterocycles. The fourth-order valence-corrected chi connectivity index (χ4v) is 4.80. The third kappa shape index (κ3) is 4.08. The van der Waals surface area contributed by atoms with Gasteiger partial charge in [-0.2, -0.15) is 0 Å². The topological polar surface area (TPSA) is 87.7 Å². The SMILES string of the molecule is O=C(CCc1nc2sc3c(c2c(=O)[nH]1)CCCC3)NCCc1ccccn1. The van der Waals surface area contributed by atoms with Crippen LogP contribution < -0.4 is 10.9 Å². The van der Waals surface area contributed by atoms with Gasteiger partial charge in [0.1, 0.15) is 10.7 Å². The zero-order valence-electron chi connectivity index (χ0n) is 15.1. The van der Waals surface area contributed by atoms with Crippen molar-refractivity contribution in [2.75, 3.05) is 6.54 Å². The number of fused-ring (bicyclic) bond motifs is 3. The molecule has 27 heavy (non-hydrogen) atoms. The molecule has 3 aromatic heterocycles. The van der Waals surface area contributed by atoms with Crippen LogP contribution in [-0.4, -0.2) is 27.4 Å². The van der Waals surface area contributed by atoms with E-state index in [-0.39, 0.29) is 11.5 Å². The Hall–Kier alpha value is -2.54. The maximum Gasteiger partial charge on any atom is 0.259 e. The zero-order valence-corrected chi connectivity index (χ0v) is 15.9. The summed E-state index contributed by atoms with van der Waals surface area (Å²) in [7, 11) is 0. The van der Waals surface area contributed by atoms with E-state index in [0.29, 0.717) is 31.6 Å². The number of aryl methyl sites for hydroxylation is 3. The summed E-state index contributed by atoms with van der Waals surface area (Å²) < 4.78 is 0. The maximum atomic E-state index is 12.5. The van der Waals surface area contributed by atoms with Crippen LogP contribution in [0.25, 0.3) is 10.2 Å². The lowest BCUT2D eigenvalue weighted by Crippen LogP contribution is -2.26. The summed E-state index contributed by atoms with van der Waals surface area (Å²) in [6, 6.07) is 5.75. The molecule has 0 spiro atoms. The van der Waals surface area contributed by atoms with Gasteiger partial charge in [0, 0.05) is 42.6 Å². The quantitative estimate of drug-likeness (QED) is 0.686. The molecule has 140 valence electrons. The van der Waals surface area contributed by atoms with Crippen LogP contribution in [0.1, 0.15) is 41.2 Å². The number of hydrogen-bond acceptors (Lipinski definition) is 5. The number of rotatable bonds is 6. The third-order valence-corrected chi connectivity index (χ3v) is 6.08. The summed E-state index contributed by atoms with van der Waals surface area (Å²) in [5.74, 6) is 0.546. The van der Waals surface area contributed by atoms with Crippen molar-refractivity contribution in [3.8, 4) is 0 Å². The van der Waals surface area contributed by atoms with Gasteiger partial charge < -0.3 is 10.3 Å². The molecule has 0 fully saturated rings. The second-order valence-electron chi connectivity index (χ2n) is 6.82. The molecule has 1 amide bonds. The fourth-order valence-electron chi connectivity index (χ4n) is 3.52. The number of nitrogens with zero attached hydrogens (tertiary/aromatic N) is 2. The summed E-state index contributed by atoms with van der Waals surface area (Å²) in [6.07, 6.45) is 7.53. The minimum absolute atomic E-state index is 0.0425. The van der Waals surface area contributed by atoms with E-state index in [1.165, 1.54) is 16.9 Å². The van der Waals surface area contributed by atoms with Crippen molar-refractivity contribution in [2.45, 2.75) is 44.9 Å². The number of hydrogen-bond donors (Lipinski definition) is 2. The number of nitrogens with one attached hydrogen (secondary N) is 2. The molecule has 3 aromatic rings. The van der Waals surface area contributed by atoms with Gasteiger partial charge in [0.2, 0.25) is 5.91 Å². The number of aromatic amines is 1. The van der Waals surface area contributed by atoms with E-state index in [0.717, 1.165) is 35.2 Å². The Morgan fingerprint density at radius 1 is 1.22 bits per heavy atom. The van der Waals surface area contributed by atoms with Gasteiger partial charge in [-0.25, -0.2) is 4.98 Å². The summed E-state index contributed by atoms with van der Waals surface area (Å²) in [5, 5.41) is 3.66. The third-order valence-electron chi connectivity index (χ3n) is 4.89. The first-order valence-electron chi connectivity index (χ1n) is 9.41. The highest BCUT2D eigenvalue weighted by Gasteiger charge is 2.19. The first-order valence-corrected chi connectivity index (χ1v) is 10.2. The summed E-state index contributed by atoms with van der Waals surface area (Å²) in [6.45, 7) is 0.552. The van der Waals surface area contributed by atoms with Gasteiger partial charge in [-0.05, 0) is 43.4 Å². The zero-order chi connectivity index (χ0) is 18.6. The van der Waals surface area contributed by atoms with Crippen molar-refractivity contribution in [3.05, 3.63) is 56.7 Å². The van der Waals surface area contributed by atoms with Crippen LogP contribution in [0, 0.1) is 0 Å². The molecule has 0 aliphatic heterocycles. The Bertz CT molecular complexity index is 1010. The van der Waals surface area contributed by atoms with Crippen LogP contribution in [0.5, 0.6) is 0 Å². The molecule has 7 heteroatoms. The van der Waals surface area contributed by atoms with Gasteiger partial charge in [-0.1, -0.05) is 6.07 Å². The lowest BCUT2D eigenvalue weighted by atomic mass is 9.97. The van der Waals surface area contributed by atoms with E-state index < -0.39 is 0 Å². The molecular formula is C20H22N4O2S. The molecule has 1 aliphatic rings. The minimum atomic E-state index is -0.0649. The van der Waals surface area contributed by atoms with Crippen LogP contribution in [0.2, 0.25) is 0 Å². The standard InChI is InChI=1S/C20H22N4O2S/c25-17(22-12-10-13-5-3-4-11-21-13)9-8-16-23-19(26)18-14-6-1-2-7-15(14)27-20(18)24-16/h3-5,11H,1-2,6-10,12H2,(H,22,25)(H,23,24,26). The summed E-state index contributed by atoms with van der Waals surface area (Å²) in [4.78, 5) is 38.4. The Morgan fingerprint density at radius 2 is 2.11 bits per heavy atom. The summed E-state index contributed by atoms with van der Waals surface area (Å²) in [5.41, 5.74) is 2.08. The highest BCUT2D eigenvalue weighted by Crippen LogP contribution is 2.33. The second-order valence-corrected chi connectivity index (χ2v) is 7.91. The van der Waals surface area contributed by atoms with Gasteiger partial charge in [0.15, 0.2) is 0 Å². The first-order chi connectivity index (χ1) is 13.2. The first kappa shape index (κ1) is 17.9. The number of aromatic nitrogens is 3. The molecule has 0 saturated heterocycles. The van der Waals surface area contributed by atoms with E-state index in [4.69, 9.17) is 0 Å². The van der Waals surface area contributed by atoms with E-state index in [1.54, 1.807) is 17.5 Å². The Balaban J connectivity index is 1.36. The average Bonchev–Trinajstić information content (AvgIpc) is 3.06. The number of thiophene rings is 1.